The van der Waals surface area contributed by atoms with Crippen molar-refractivity contribution in [1.29, 1.82) is 0 Å². The lowest BCUT2D eigenvalue weighted by molar-refractivity contribution is -0.274. The van der Waals surface area contributed by atoms with Gasteiger partial charge in [0.05, 0.1) is 0 Å². The van der Waals surface area contributed by atoms with Gasteiger partial charge in [-0.2, -0.15) is 0 Å². The van der Waals surface area contributed by atoms with Gasteiger partial charge in [-0.1, -0.05) is 32.0 Å². The molecule has 1 unspecified atom stereocenters. The van der Waals surface area contributed by atoms with Gasteiger partial charge in [0.2, 0.25) is 0 Å². The van der Waals surface area contributed by atoms with Crippen molar-refractivity contribution in [3.63, 3.8) is 0 Å². The molecule has 0 amide bonds. The molecule has 1 aromatic carbocycles. The van der Waals surface area contributed by atoms with Crippen LogP contribution in [0.3, 0.4) is 0 Å². The first-order valence-corrected chi connectivity index (χ1v) is 7.38. The molecular formula is C16H22F3NO. The molecule has 1 aromatic rings. The molecule has 1 atom stereocenters. The minimum Gasteiger partial charge on any atom is -0.406 e. The first-order valence-electron chi connectivity index (χ1n) is 7.38. The van der Waals surface area contributed by atoms with E-state index >= 15 is 0 Å². The molecule has 1 aliphatic heterocycles. The Balaban J connectivity index is 2.21. The molecule has 1 N–H and O–H groups in total. The molecule has 0 saturated carbocycles. The van der Waals surface area contributed by atoms with Crippen LogP contribution in [-0.2, 0) is 6.42 Å². The number of alkyl halides is 3. The first-order chi connectivity index (χ1) is 9.80. The molecule has 0 spiro atoms. The largest absolute Gasteiger partial charge is 0.573 e. The molecule has 0 bridgehead atoms. The molecule has 1 fully saturated rings. The highest BCUT2D eigenvalue weighted by Gasteiger charge is 2.36. The average Bonchev–Trinajstić information content (AvgIpc) is 2.77. The van der Waals surface area contributed by atoms with E-state index in [2.05, 4.69) is 23.9 Å². The number of ether oxygens (including phenoxy) is 1. The summed E-state index contributed by atoms with van der Waals surface area (Å²) in [5, 5.41) is 3.50. The van der Waals surface area contributed by atoms with Gasteiger partial charge in [0.15, 0.2) is 0 Å². The van der Waals surface area contributed by atoms with Crippen LogP contribution >= 0.6 is 0 Å². The minimum absolute atomic E-state index is 0.0816. The fourth-order valence-corrected chi connectivity index (χ4v) is 3.29. The maximum absolute atomic E-state index is 12.5. The van der Waals surface area contributed by atoms with Crippen molar-refractivity contribution in [2.75, 3.05) is 6.54 Å². The van der Waals surface area contributed by atoms with Gasteiger partial charge < -0.3 is 10.1 Å². The van der Waals surface area contributed by atoms with Gasteiger partial charge in [-0.05, 0) is 49.8 Å². The fourth-order valence-electron chi connectivity index (χ4n) is 3.29. The number of hydrogen-bond donors (Lipinski definition) is 1. The van der Waals surface area contributed by atoms with E-state index in [-0.39, 0.29) is 11.3 Å². The minimum atomic E-state index is -4.65. The van der Waals surface area contributed by atoms with Gasteiger partial charge in [0.1, 0.15) is 5.75 Å². The quantitative estimate of drug-likeness (QED) is 0.875. The third-order valence-electron chi connectivity index (χ3n) is 3.86. The van der Waals surface area contributed by atoms with Crippen molar-refractivity contribution in [3.05, 3.63) is 29.8 Å². The van der Waals surface area contributed by atoms with Gasteiger partial charge in [0.25, 0.3) is 0 Å². The van der Waals surface area contributed by atoms with Crippen molar-refractivity contribution < 1.29 is 17.9 Å². The lowest BCUT2D eigenvalue weighted by Gasteiger charge is -2.32. The maximum Gasteiger partial charge on any atom is 0.573 e. The van der Waals surface area contributed by atoms with Crippen molar-refractivity contribution in [2.24, 2.45) is 5.92 Å². The molecule has 21 heavy (non-hydrogen) atoms. The third kappa shape index (κ3) is 4.63. The third-order valence-corrected chi connectivity index (χ3v) is 3.86. The molecule has 0 aromatic heterocycles. The van der Waals surface area contributed by atoms with Crippen LogP contribution in [0.15, 0.2) is 24.3 Å². The lowest BCUT2D eigenvalue weighted by atomic mass is 9.82. The smallest absolute Gasteiger partial charge is 0.406 e. The molecule has 1 heterocycles. The molecule has 1 aliphatic rings. The Hall–Kier alpha value is -1.23. The second-order valence-corrected chi connectivity index (χ2v) is 6.24. The predicted octanol–water partition coefficient (Wildman–Crippen LogP) is 4.30. The van der Waals surface area contributed by atoms with Crippen LogP contribution in [0.1, 0.15) is 38.7 Å². The van der Waals surface area contributed by atoms with Gasteiger partial charge in [0, 0.05) is 5.54 Å². The van der Waals surface area contributed by atoms with Gasteiger partial charge >= 0.3 is 6.36 Å². The Labute approximate surface area is 123 Å². The Morgan fingerprint density at radius 2 is 2.00 bits per heavy atom. The summed E-state index contributed by atoms with van der Waals surface area (Å²) >= 11 is 0. The fraction of sp³-hybridized carbons (Fsp3) is 0.625. The highest BCUT2D eigenvalue weighted by atomic mass is 19.4. The number of benzene rings is 1. The SMILES string of the molecule is CC(C)CC1(Cc2ccccc2OC(F)(F)F)CCCN1. The summed E-state index contributed by atoms with van der Waals surface area (Å²) in [6.45, 7) is 5.20. The van der Waals surface area contributed by atoms with Crippen LogP contribution in [0, 0.1) is 5.92 Å². The number of para-hydroxylation sites is 1. The Morgan fingerprint density at radius 1 is 1.29 bits per heavy atom. The summed E-state index contributed by atoms with van der Waals surface area (Å²) in [6, 6.07) is 6.45. The summed E-state index contributed by atoms with van der Waals surface area (Å²) in [4.78, 5) is 0. The van der Waals surface area contributed by atoms with Gasteiger partial charge in [-0.25, -0.2) is 0 Å². The molecule has 5 heteroatoms. The van der Waals surface area contributed by atoms with E-state index in [9.17, 15) is 13.2 Å². The second-order valence-electron chi connectivity index (χ2n) is 6.24. The zero-order valence-electron chi connectivity index (χ0n) is 12.5. The Kier molecular flexibility index (Phi) is 4.81. The monoisotopic (exact) mass is 301 g/mol. The first kappa shape index (κ1) is 16.1. The summed E-state index contributed by atoms with van der Waals surface area (Å²) < 4.78 is 41.7. The van der Waals surface area contributed by atoms with Crippen molar-refractivity contribution >= 4 is 0 Å². The van der Waals surface area contributed by atoms with Crippen LogP contribution in [0.2, 0.25) is 0 Å². The summed E-state index contributed by atoms with van der Waals surface area (Å²) in [5.74, 6) is 0.410. The normalized spacial score (nSPS) is 22.8. The van der Waals surface area contributed by atoms with Gasteiger partial charge in [-0.3, -0.25) is 0 Å². The van der Waals surface area contributed by atoms with Crippen LogP contribution in [-0.4, -0.2) is 18.4 Å². The predicted molar refractivity (Wildman–Crippen MR) is 76.3 cm³/mol. The van der Waals surface area contributed by atoms with Crippen molar-refractivity contribution in [3.8, 4) is 5.75 Å². The summed E-state index contributed by atoms with van der Waals surface area (Å²) in [6.07, 6.45) is -1.07. The van der Waals surface area contributed by atoms with E-state index in [0.29, 0.717) is 17.9 Å². The molecule has 0 radical (unpaired) electrons. The zero-order valence-corrected chi connectivity index (χ0v) is 12.5. The maximum atomic E-state index is 12.5. The lowest BCUT2D eigenvalue weighted by Crippen LogP contribution is -2.43. The standard InChI is InChI=1S/C16H22F3NO/c1-12(2)10-15(8-5-9-20-15)11-13-6-3-4-7-14(13)21-16(17,18)19/h3-4,6-7,12,20H,5,8-11H2,1-2H3. The molecule has 1 saturated heterocycles. The highest BCUT2D eigenvalue weighted by Crippen LogP contribution is 2.34. The van der Waals surface area contributed by atoms with Crippen molar-refractivity contribution in [2.45, 2.75) is 51.4 Å². The molecule has 2 nitrogen and oxygen atoms in total. The molecule has 0 aliphatic carbocycles. The Bertz CT molecular complexity index is 465. The van der Waals surface area contributed by atoms with Crippen molar-refractivity contribution in [1.82, 2.24) is 5.32 Å². The summed E-state index contributed by atoms with van der Waals surface area (Å²) in [5.41, 5.74) is 0.504. The number of nitrogens with one attached hydrogen (secondary N) is 1. The average molecular weight is 301 g/mol. The van der Waals surface area contributed by atoms with Crippen LogP contribution in [0.4, 0.5) is 13.2 Å². The highest BCUT2D eigenvalue weighted by molar-refractivity contribution is 5.35. The molecular weight excluding hydrogens is 279 g/mol. The number of rotatable bonds is 5. The van der Waals surface area contributed by atoms with Crippen LogP contribution < -0.4 is 10.1 Å². The van der Waals surface area contributed by atoms with E-state index in [1.54, 1.807) is 18.2 Å². The molecule has 118 valence electrons. The van der Waals surface area contributed by atoms with Crippen LogP contribution in [0.25, 0.3) is 0 Å². The van der Waals surface area contributed by atoms with Gasteiger partial charge in [-0.15, -0.1) is 13.2 Å². The second kappa shape index (κ2) is 6.26. The van der Waals surface area contributed by atoms with E-state index < -0.39 is 6.36 Å². The van der Waals surface area contributed by atoms with E-state index in [1.807, 2.05) is 0 Å². The van der Waals surface area contributed by atoms with E-state index in [1.165, 1.54) is 6.07 Å². The topological polar surface area (TPSA) is 21.3 Å². The van der Waals surface area contributed by atoms with E-state index in [0.717, 1.165) is 25.8 Å². The summed E-state index contributed by atoms with van der Waals surface area (Å²) in [7, 11) is 0. The number of hydrogen-bond acceptors (Lipinski definition) is 2. The molecule has 2 rings (SSSR count). The zero-order chi connectivity index (χ0) is 15.5. The van der Waals surface area contributed by atoms with Crippen LogP contribution in [0.5, 0.6) is 5.75 Å². The number of halogens is 3. The van der Waals surface area contributed by atoms with E-state index in [4.69, 9.17) is 0 Å². The Morgan fingerprint density at radius 3 is 2.57 bits per heavy atom.